The summed E-state index contributed by atoms with van der Waals surface area (Å²) in [6.45, 7) is 12.9. The van der Waals surface area contributed by atoms with E-state index in [0.29, 0.717) is 12.2 Å². The minimum Gasteiger partial charge on any atom is -1.00 e. The lowest BCUT2D eigenvalue weighted by Crippen LogP contribution is -3.00. The average Bonchev–Trinajstić information content (AvgIpc) is 3.41. The molecule has 0 aliphatic rings. The van der Waals surface area contributed by atoms with E-state index in [1.807, 2.05) is 0 Å². The Bertz CT molecular complexity index is 1130. The van der Waals surface area contributed by atoms with E-state index in [1.165, 1.54) is 347 Å². The fourth-order valence-corrected chi connectivity index (χ4v) is 11.7. The molecule has 0 aliphatic heterocycles. The maximum atomic E-state index is 7.40. The van der Waals surface area contributed by atoms with Crippen LogP contribution < -0.4 is 22.7 Å². The van der Waals surface area contributed by atoms with Gasteiger partial charge in [-0.05, 0) is 83.6 Å². The molecule has 0 saturated heterocycles. The molecular weight excluding hydrogens is 1000 g/mol. The molecule has 0 saturated carbocycles. The third kappa shape index (κ3) is 63.2. The highest BCUT2D eigenvalue weighted by Crippen LogP contribution is 2.23. The van der Waals surface area contributed by atoms with Gasteiger partial charge in [0.25, 0.3) is 0 Å². The maximum Gasteiger partial charge on any atom is 0.130 e. The predicted molar refractivity (Wildman–Crippen MR) is 344 cm³/mol. The van der Waals surface area contributed by atoms with Gasteiger partial charge in [0, 0.05) is 6.42 Å². The number of halogens is 1. The summed E-state index contributed by atoms with van der Waals surface area (Å²) in [5.74, 6) is 0. The molecule has 462 valence electrons. The van der Waals surface area contributed by atoms with Gasteiger partial charge in [0.05, 0.1) is 39.5 Å². The van der Waals surface area contributed by atoms with Crippen LogP contribution in [0, 0.1) is 0 Å². The molecule has 2 N–H and O–H groups in total. The van der Waals surface area contributed by atoms with Crippen LogP contribution in [0.15, 0.2) is 24.3 Å². The van der Waals surface area contributed by atoms with E-state index in [-0.39, 0.29) is 23.1 Å². The van der Waals surface area contributed by atoms with Gasteiger partial charge in [-0.3, -0.25) is 0 Å². The maximum absolute atomic E-state index is 7.40. The number of hydrogen-bond acceptors (Lipinski definition) is 3. The number of ether oxygens (including phenoxy) is 2. The molecule has 0 aromatic heterocycles. The first-order chi connectivity index (χ1) is 37.4. The van der Waals surface area contributed by atoms with E-state index >= 15 is 0 Å². The van der Waals surface area contributed by atoms with Crippen molar-refractivity contribution < 1.29 is 30.9 Å². The summed E-state index contributed by atoms with van der Waals surface area (Å²) in [6.07, 6.45) is 85.7. The highest BCUT2D eigenvalue weighted by atomic mass is 79.9. The summed E-state index contributed by atoms with van der Waals surface area (Å²) in [6, 6.07) is 0. The number of hydrogen-bond donors (Lipinski definition) is 1. The molecule has 3 atom stereocenters. The van der Waals surface area contributed by atoms with Crippen LogP contribution in [0.25, 0.3) is 0 Å². The fourth-order valence-electron chi connectivity index (χ4n) is 11.7. The van der Waals surface area contributed by atoms with Crippen LogP contribution in [0.4, 0.5) is 0 Å². The van der Waals surface area contributed by atoms with Crippen LogP contribution in [-0.4, -0.2) is 63.1 Å². The van der Waals surface area contributed by atoms with E-state index in [9.17, 15) is 0 Å². The normalized spacial score (nSPS) is 13.3. The summed E-state index contributed by atoms with van der Waals surface area (Å²) in [5, 5.41) is 0. The smallest absolute Gasteiger partial charge is 0.130 e. The number of rotatable bonds is 66. The highest BCUT2D eigenvalue weighted by molar-refractivity contribution is 4.82. The van der Waals surface area contributed by atoms with Gasteiger partial charge in [0.1, 0.15) is 12.6 Å². The van der Waals surface area contributed by atoms with E-state index < -0.39 is 0 Å². The zero-order valence-electron chi connectivity index (χ0n) is 54.0. The van der Waals surface area contributed by atoms with Crippen LogP contribution in [0.1, 0.15) is 381 Å². The first kappa shape index (κ1) is 78.9. The Kier molecular flexibility index (Phi) is 68.2. The van der Waals surface area contributed by atoms with Crippen LogP contribution in [0.3, 0.4) is 0 Å². The molecule has 0 spiro atoms. The molecule has 5 heteroatoms. The van der Waals surface area contributed by atoms with Crippen molar-refractivity contribution in [2.24, 2.45) is 5.73 Å². The molecule has 77 heavy (non-hydrogen) atoms. The van der Waals surface area contributed by atoms with Crippen LogP contribution in [0.5, 0.6) is 0 Å². The van der Waals surface area contributed by atoms with Gasteiger partial charge >= 0.3 is 0 Å². The van der Waals surface area contributed by atoms with Gasteiger partial charge in [-0.25, -0.2) is 0 Å². The third-order valence-corrected chi connectivity index (χ3v) is 16.9. The quantitative estimate of drug-likeness (QED) is 0.0375. The number of nitrogens with two attached hydrogens (primary N) is 1. The summed E-state index contributed by atoms with van der Waals surface area (Å²) in [7, 11) is 4.82. The topological polar surface area (TPSA) is 44.5 Å². The summed E-state index contributed by atoms with van der Waals surface area (Å²) in [5.41, 5.74) is 6.11. The minimum absolute atomic E-state index is 0. The SMILES string of the molecule is CCCCCCCC/C=C\CCCCCCCC(CCCCCCCCCCCCCC)OCC(C[N+](C)(C)CCCN)OC(CCCCCCC/C=C\CCCCCCCC)CCCCCCCCCCCCCC.[Br-]. The predicted octanol–water partition coefficient (Wildman–Crippen LogP) is 20.8. The standard InChI is InChI=1S/C72H145N2O2.BrH/c1-7-11-15-19-23-27-31-35-37-39-43-46-50-54-58-63-70(62-57-53-49-45-41-33-29-25-21-17-13-9-3)75-69-72(68-74(5,6)67-61-66-73)76-71(64-59-55-51-47-42-34-30-26-22-18-14-10-4)65-60-56-52-48-44-40-38-36-32-28-24-20-16-12-8-2;/h35-38,70-72H,7-34,39-69,73H2,1-6H3;1H/q+1;/p-1/b37-35-,38-36-;. The lowest BCUT2D eigenvalue weighted by molar-refractivity contribution is -0.893. The van der Waals surface area contributed by atoms with Gasteiger partial charge in [0.15, 0.2) is 0 Å². The molecule has 0 bridgehead atoms. The van der Waals surface area contributed by atoms with Crippen molar-refractivity contribution in [2.75, 3.05) is 40.3 Å². The Balaban J connectivity index is 0. The molecule has 0 heterocycles. The average molecular weight is 1150 g/mol. The Labute approximate surface area is 497 Å². The Morgan fingerprint density at radius 1 is 0.312 bits per heavy atom. The molecule has 0 aromatic rings. The van der Waals surface area contributed by atoms with Crippen molar-refractivity contribution in [3.8, 4) is 0 Å². The van der Waals surface area contributed by atoms with Gasteiger partial charge in [-0.2, -0.15) is 0 Å². The van der Waals surface area contributed by atoms with E-state index in [0.717, 1.165) is 37.1 Å². The molecule has 3 unspecified atom stereocenters. The second kappa shape index (κ2) is 66.6. The lowest BCUT2D eigenvalue weighted by Gasteiger charge is -2.35. The van der Waals surface area contributed by atoms with Crippen molar-refractivity contribution in [1.82, 2.24) is 0 Å². The number of quaternary nitrogens is 1. The molecule has 4 nitrogen and oxygen atoms in total. The summed E-state index contributed by atoms with van der Waals surface area (Å²) >= 11 is 0. The fraction of sp³-hybridized carbons (Fsp3) is 0.944. The summed E-state index contributed by atoms with van der Waals surface area (Å²) in [4.78, 5) is 0. The summed E-state index contributed by atoms with van der Waals surface area (Å²) < 4.78 is 15.5. The highest BCUT2D eigenvalue weighted by Gasteiger charge is 2.27. The van der Waals surface area contributed by atoms with Crippen LogP contribution in [-0.2, 0) is 9.47 Å². The van der Waals surface area contributed by atoms with E-state index in [2.05, 4.69) is 66.1 Å². The Morgan fingerprint density at radius 3 is 0.831 bits per heavy atom. The van der Waals surface area contributed by atoms with Crippen molar-refractivity contribution in [3.63, 3.8) is 0 Å². The second-order valence-electron chi connectivity index (χ2n) is 25.4. The molecule has 0 radical (unpaired) electrons. The molecule has 0 amide bonds. The molecule has 0 fully saturated rings. The number of unbranched alkanes of at least 4 members (excludes halogenated alkanes) is 44. The largest absolute Gasteiger partial charge is 1.00 e. The van der Waals surface area contributed by atoms with Gasteiger partial charge in [-0.1, -0.05) is 322 Å². The molecular formula is C72H145BrN2O2. The number of nitrogens with zero attached hydrogens (tertiary/aromatic N) is 1. The zero-order chi connectivity index (χ0) is 55.2. The van der Waals surface area contributed by atoms with Gasteiger partial charge < -0.3 is 36.7 Å². The van der Waals surface area contributed by atoms with Crippen LogP contribution in [0.2, 0.25) is 0 Å². The zero-order valence-corrected chi connectivity index (χ0v) is 55.6. The Hall–Kier alpha value is -0.200. The minimum atomic E-state index is 0. The second-order valence-corrected chi connectivity index (χ2v) is 25.4. The lowest BCUT2D eigenvalue weighted by atomic mass is 10.0. The van der Waals surface area contributed by atoms with Crippen molar-refractivity contribution >= 4 is 0 Å². The van der Waals surface area contributed by atoms with Gasteiger partial charge in [-0.15, -0.1) is 0 Å². The van der Waals surface area contributed by atoms with Crippen molar-refractivity contribution in [3.05, 3.63) is 24.3 Å². The molecule has 0 rings (SSSR count). The number of allylic oxidation sites excluding steroid dienone is 4. The molecule has 0 aliphatic carbocycles. The molecule has 0 aromatic carbocycles. The monoisotopic (exact) mass is 1150 g/mol. The number of likely N-dealkylation sites (N-methyl/N-ethyl adjacent to an activating group) is 1. The Morgan fingerprint density at radius 2 is 0.558 bits per heavy atom. The first-order valence-electron chi connectivity index (χ1n) is 35.5. The van der Waals surface area contributed by atoms with E-state index in [4.69, 9.17) is 15.2 Å². The van der Waals surface area contributed by atoms with Gasteiger partial charge in [0.2, 0.25) is 0 Å². The van der Waals surface area contributed by atoms with Crippen molar-refractivity contribution in [1.29, 1.82) is 0 Å². The van der Waals surface area contributed by atoms with Crippen LogP contribution >= 0.6 is 0 Å². The third-order valence-electron chi connectivity index (χ3n) is 16.9. The van der Waals surface area contributed by atoms with E-state index in [1.54, 1.807) is 0 Å². The van der Waals surface area contributed by atoms with Crippen molar-refractivity contribution in [2.45, 2.75) is 399 Å². The first-order valence-corrected chi connectivity index (χ1v) is 35.5.